The number of halogens is 1. The van der Waals surface area contributed by atoms with Crippen LogP contribution in [-0.2, 0) is 17.3 Å². The van der Waals surface area contributed by atoms with E-state index < -0.39 is 15.7 Å². The van der Waals surface area contributed by atoms with Crippen LogP contribution in [0.3, 0.4) is 0 Å². The van der Waals surface area contributed by atoms with Crippen molar-refractivity contribution in [3.8, 4) is 0 Å². The van der Waals surface area contributed by atoms with Crippen LogP contribution in [0, 0.1) is 10.1 Å². The minimum atomic E-state index is -1.63. The van der Waals surface area contributed by atoms with Crippen LogP contribution in [-0.4, -0.2) is 52.0 Å². The van der Waals surface area contributed by atoms with Gasteiger partial charge in [-0.1, -0.05) is 35.9 Å². The summed E-state index contributed by atoms with van der Waals surface area (Å²) in [5, 5.41) is 11.5. The molecule has 11 heteroatoms. The van der Waals surface area contributed by atoms with Gasteiger partial charge in [-0.05, 0) is 60.2 Å². The highest BCUT2D eigenvalue weighted by Crippen LogP contribution is 2.36. The number of piperazine rings is 1. The Labute approximate surface area is 249 Å². The summed E-state index contributed by atoms with van der Waals surface area (Å²) in [6, 6.07) is 25.4. The highest BCUT2D eigenvalue weighted by Gasteiger charge is 2.32. The van der Waals surface area contributed by atoms with Crippen molar-refractivity contribution in [3.05, 3.63) is 123 Å². The van der Waals surface area contributed by atoms with E-state index in [9.17, 15) is 23.9 Å². The van der Waals surface area contributed by atoms with Crippen LogP contribution in [0.4, 0.5) is 17.1 Å². The maximum absolute atomic E-state index is 13.9. The number of nitro groups is 1. The second-order valence-electron chi connectivity index (χ2n) is 10.0. The fraction of sp³-hybridized carbons (Fsp3) is 0.161. The third kappa shape index (κ3) is 5.26. The van der Waals surface area contributed by atoms with Crippen LogP contribution in [0.25, 0.3) is 0 Å². The Morgan fingerprint density at radius 1 is 0.881 bits per heavy atom. The summed E-state index contributed by atoms with van der Waals surface area (Å²) in [6.45, 7) is 2.22. The van der Waals surface area contributed by atoms with Crippen LogP contribution in [0.2, 0.25) is 5.02 Å². The largest absolute Gasteiger partial charge is 0.368 e. The number of carbonyl (C=O) groups is 2. The molecule has 9 nitrogen and oxygen atoms in total. The molecular formula is C31H25ClN4O5S. The van der Waals surface area contributed by atoms with Crippen LogP contribution < -0.4 is 9.80 Å². The second-order valence-corrected chi connectivity index (χ2v) is 11.9. The zero-order chi connectivity index (χ0) is 29.4. The van der Waals surface area contributed by atoms with Crippen LogP contribution in [0.1, 0.15) is 26.3 Å². The Balaban J connectivity index is 1.28. The van der Waals surface area contributed by atoms with Gasteiger partial charge in [0, 0.05) is 54.6 Å². The lowest BCUT2D eigenvalue weighted by Crippen LogP contribution is -2.48. The quantitative estimate of drug-likeness (QED) is 0.220. The van der Waals surface area contributed by atoms with E-state index in [0.717, 1.165) is 11.3 Å². The molecule has 42 heavy (non-hydrogen) atoms. The van der Waals surface area contributed by atoms with Crippen molar-refractivity contribution in [1.82, 2.24) is 4.90 Å². The molecule has 0 spiro atoms. The molecule has 0 N–H and O–H groups in total. The molecule has 4 aromatic rings. The lowest BCUT2D eigenvalue weighted by atomic mass is 10.1. The molecule has 6 rings (SSSR count). The van der Waals surface area contributed by atoms with Crippen LogP contribution in [0.5, 0.6) is 0 Å². The number of amides is 2. The SMILES string of the molecule is O=C(c1ccc2c(c1)N(Cc1cccc(Cl)c1)C(=O)c1ccccc1S2=O)N1CCN(c2ccc([N+](=O)[O-])cc2)CC1. The highest BCUT2D eigenvalue weighted by molar-refractivity contribution is 7.85. The average molecular weight is 601 g/mol. The van der Waals surface area contributed by atoms with Crippen molar-refractivity contribution in [1.29, 1.82) is 0 Å². The molecule has 0 aliphatic carbocycles. The first kappa shape index (κ1) is 27.6. The molecule has 0 bridgehead atoms. The number of carbonyl (C=O) groups excluding carboxylic acids is 2. The molecule has 212 valence electrons. The van der Waals surface area contributed by atoms with Gasteiger partial charge in [-0.25, -0.2) is 4.21 Å². The zero-order valence-corrected chi connectivity index (χ0v) is 23.9. The topological polar surface area (TPSA) is 104 Å². The van der Waals surface area contributed by atoms with E-state index in [0.29, 0.717) is 57.8 Å². The second kappa shape index (κ2) is 11.4. The summed E-state index contributed by atoms with van der Waals surface area (Å²) in [7, 11) is -1.63. The van der Waals surface area contributed by atoms with Crippen LogP contribution in [0.15, 0.2) is 101 Å². The van der Waals surface area contributed by atoms with Gasteiger partial charge >= 0.3 is 0 Å². The van der Waals surface area contributed by atoms with Crippen LogP contribution >= 0.6 is 11.6 Å². The number of anilines is 2. The van der Waals surface area contributed by atoms with Gasteiger partial charge < -0.3 is 14.7 Å². The molecule has 1 saturated heterocycles. The van der Waals surface area contributed by atoms with E-state index >= 15 is 0 Å². The third-order valence-corrected chi connectivity index (χ3v) is 9.22. The molecule has 0 aromatic heterocycles. The van der Waals surface area contributed by atoms with Gasteiger partial charge in [0.05, 0.1) is 43.3 Å². The standard InChI is InChI=1S/C31H25ClN4O5S/c32-23-5-3-4-21(18-23)20-35-27-19-22(8-13-29(27)42(41)28-7-2-1-6-26(28)31(35)38)30(37)34-16-14-33(15-17-34)24-9-11-25(12-10-24)36(39)40/h1-13,18-19H,14-17,20H2. The summed E-state index contributed by atoms with van der Waals surface area (Å²) < 4.78 is 13.7. The predicted molar refractivity (Wildman–Crippen MR) is 161 cm³/mol. The van der Waals surface area contributed by atoms with E-state index in [-0.39, 0.29) is 24.0 Å². The number of nitro benzene ring substituents is 1. The summed E-state index contributed by atoms with van der Waals surface area (Å²) in [6.07, 6.45) is 0. The molecule has 0 radical (unpaired) electrons. The monoisotopic (exact) mass is 600 g/mol. The lowest BCUT2D eigenvalue weighted by Gasteiger charge is -2.36. The Kier molecular flexibility index (Phi) is 7.49. The highest BCUT2D eigenvalue weighted by atomic mass is 35.5. The van der Waals surface area contributed by atoms with Gasteiger partial charge in [0.2, 0.25) is 0 Å². The van der Waals surface area contributed by atoms with Gasteiger partial charge in [0.1, 0.15) is 0 Å². The maximum Gasteiger partial charge on any atom is 0.269 e. The molecule has 0 saturated carbocycles. The average Bonchev–Trinajstić information content (AvgIpc) is 3.10. The number of non-ortho nitro benzene ring substituents is 1. The molecule has 1 unspecified atom stereocenters. The maximum atomic E-state index is 13.9. The van der Waals surface area contributed by atoms with Gasteiger partial charge in [0.25, 0.3) is 17.5 Å². The number of rotatable bonds is 5. The molecule has 4 aromatic carbocycles. The van der Waals surface area contributed by atoms with E-state index in [1.165, 1.54) is 12.1 Å². The van der Waals surface area contributed by atoms with Crippen molar-refractivity contribution >= 4 is 51.3 Å². The first-order valence-electron chi connectivity index (χ1n) is 13.3. The molecule has 1 fully saturated rings. The van der Waals surface area contributed by atoms with Gasteiger partial charge in [-0.3, -0.25) is 19.7 Å². The minimum Gasteiger partial charge on any atom is -0.368 e. The summed E-state index contributed by atoms with van der Waals surface area (Å²) in [4.78, 5) is 44.3. The number of benzene rings is 4. The zero-order valence-electron chi connectivity index (χ0n) is 22.3. The smallest absolute Gasteiger partial charge is 0.269 e. The molecule has 2 aliphatic heterocycles. The van der Waals surface area contributed by atoms with Crippen molar-refractivity contribution in [2.24, 2.45) is 0 Å². The Morgan fingerprint density at radius 2 is 1.62 bits per heavy atom. The van der Waals surface area contributed by atoms with Crippen molar-refractivity contribution in [3.63, 3.8) is 0 Å². The molecule has 1 atom stereocenters. The van der Waals surface area contributed by atoms with Crippen molar-refractivity contribution in [2.75, 3.05) is 36.0 Å². The third-order valence-electron chi connectivity index (χ3n) is 7.48. The van der Waals surface area contributed by atoms with Crippen molar-refractivity contribution in [2.45, 2.75) is 16.3 Å². The first-order valence-corrected chi connectivity index (χ1v) is 14.8. The Bertz CT molecular complexity index is 1740. The van der Waals surface area contributed by atoms with E-state index in [1.54, 1.807) is 76.5 Å². The molecule has 2 heterocycles. The van der Waals surface area contributed by atoms with E-state index in [4.69, 9.17) is 11.6 Å². The predicted octanol–water partition coefficient (Wildman–Crippen LogP) is 5.54. The summed E-state index contributed by atoms with van der Waals surface area (Å²) in [5.41, 5.74) is 2.85. The number of hydrogen-bond donors (Lipinski definition) is 0. The molecule has 2 aliphatic rings. The van der Waals surface area contributed by atoms with Gasteiger partial charge in [-0.15, -0.1) is 0 Å². The van der Waals surface area contributed by atoms with Gasteiger partial charge in [-0.2, -0.15) is 0 Å². The number of hydrogen-bond acceptors (Lipinski definition) is 6. The van der Waals surface area contributed by atoms with Gasteiger partial charge in [0.15, 0.2) is 0 Å². The number of nitrogens with zero attached hydrogens (tertiary/aromatic N) is 4. The lowest BCUT2D eigenvalue weighted by molar-refractivity contribution is -0.384. The summed E-state index contributed by atoms with van der Waals surface area (Å²) in [5.74, 6) is -0.497. The Hall–Kier alpha value is -4.54. The van der Waals surface area contributed by atoms with Crippen molar-refractivity contribution < 1.29 is 18.7 Å². The normalized spacial score (nSPS) is 16.5. The Morgan fingerprint density at radius 3 is 2.33 bits per heavy atom. The molecule has 2 amide bonds. The number of fused-ring (bicyclic) bond motifs is 2. The fourth-order valence-corrected chi connectivity index (χ4v) is 6.86. The van der Waals surface area contributed by atoms with E-state index in [2.05, 4.69) is 4.90 Å². The minimum absolute atomic E-state index is 0.0303. The van der Waals surface area contributed by atoms with E-state index in [1.807, 2.05) is 12.1 Å². The summed E-state index contributed by atoms with van der Waals surface area (Å²) >= 11 is 6.22. The molecular weight excluding hydrogens is 576 g/mol. The first-order chi connectivity index (χ1) is 20.3. The fourth-order valence-electron chi connectivity index (χ4n) is 5.31.